The molecule has 0 bridgehead atoms. The van der Waals surface area contributed by atoms with Gasteiger partial charge in [0.25, 0.3) is 0 Å². The molecule has 0 saturated heterocycles. The van der Waals surface area contributed by atoms with Crippen molar-refractivity contribution in [2.24, 2.45) is 0 Å². The van der Waals surface area contributed by atoms with E-state index in [4.69, 9.17) is 4.74 Å². The van der Waals surface area contributed by atoms with Gasteiger partial charge in [0.15, 0.2) is 0 Å². The average Bonchev–Trinajstić information content (AvgIpc) is 2.38. The highest BCUT2D eigenvalue weighted by Gasteiger charge is 2.11. The van der Waals surface area contributed by atoms with Crippen LogP contribution in [0, 0.1) is 0 Å². The van der Waals surface area contributed by atoms with E-state index >= 15 is 0 Å². The molecule has 0 unspecified atom stereocenters. The second kappa shape index (κ2) is 7.58. The van der Waals surface area contributed by atoms with E-state index in [0.29, 0.717) is 13.2 Å². The molecule has 2 N–H and O–H groups in total. The van der Waals surface area contributed by atoms with Crippen LogP contribution in [-0.4, -0.2) is 25.1 Å². The zero-order chi connectivity index (χ0) is 13.4. The molecule has 0 radical (unpaired) electrons. The fourth-order valence-corrected chi connectivity index (χ4v) is 1.53. The van der Waals surface area contributed by atoms with Gasteiger partial charge in [0.2, 0.25) is 5.91 Å². The summed E-state index contributed by atoms with van der Waals surface area (Å²) in [7, 11) is 0. The molecule has 0 heterocycles. The normalized spacial score (nSPS) is 11.7. The summed E-state index contributed by atoms with van der Waals surface area (Å²) in [5.41, 5.74) is 0.914. The predicted octanol–water partition coefficient (Wildman–Crippen LogP) is 2.41. The zero-order valence-electron chi connectivity index (χ0n) is 11.3. The Morgan fingerprint density at radius 3 is 2.50 bits per heavy atom. The van der Waals surface area contributed by atoms with Gasteiger partial charge < -0.3 is 15.4 Å². The van der Waals surface area contributed by atoms with Crippen LogP contribution >= 0.6 is 0 Å². The molecule has 0 aliphatic heterocycles. The van der Waals surface area contributed by atoms with Crippen molar-refractivity contribution < 1.29 is 9.53 Å². The lowest BCUT2D eigenvalue weighted by atomic mass is 10.2. The van der Waals surface area contributed by atoms with E-state index in [1.807, 2.05) is 45.0 Å². The van der Waals surface area contributed by atoms with Gasteiger partial charge in [-0.3, -0.25) is 4.79 Å². The Bertz CT molecular complexity index is 363. The third-order valence-electron chi connectivity index (χ3n) is 2.49. The molecule has 1 aromatic carbocycles. The van der Waals surface area contributed by atoms with E-state index in [-0.39, 0.29) is 11.9 Å². The number of rotatable bonds is 7. The van der Waals surface area contributed by atoms with Crippen molar-refractivity contribution in [3.05, 3.63) is 24.3 Å². The maximum Gasteiger partial charge on any atom is 0.242 e. The maximum absolute atomic E-state index is 11.7. The predicted molar refractivity (Wildman–Crippen MR) is 74.0 cm³/mol. The number of ether oxygens (including phenoxy) is 1. The third-order valence-corrected chi connectivity index (χ3v) is 2.49. The second-order valence-electron chi connectivity index (χ2n) is 4.11. The molecule has 1 amide bonds. The molecule has 4 heteroatoms. The van der Waals surface area contributed by atoms with Gasteiger partial charge >= 0.3 is 0 Å². The number of carbonyl (C=O) groups excluding carboxylic acids is 1. The van der Waals surface area contributed by atoms with Gasteiger partial charge in [0, 0.05) is 12.2 Å². The fraction of sp³-hybridized carbons (Fsp3) is 0.500. The van der Waals surface area contributed by atoms with E-state index in [9.17, 15) is 4.79 Å². The lowest BCUT2D eigenvalue weighted by molar-refractivity contribution is -0.121. The summed E-state index contributed by atoms with van der Waals surface area (Å²) in [4.78, 5) is 11.7. The Kier molecular flexibility index (Phi) is 6.05. The third kappa shape index (κ3) is 4.65. The number of nitrogens with one attached hydrogen (secondary N) is 2. The smallest absolute Gasteiger partial charge is 0.242 e. The summed E-state index contributed by atoms with van der Waals surface area (Å²) in [6.07, 6.45) is 0.946. The highest BCUT2D eigenvalue weighted by Crippen LogP contribution is 2.16. The highest BCUT2D eigenvalue weighted by atomic mass is 16.5. The van der Waals surface area contributed by atoms with E-state index < -0.39 is 0 Å². The topological polar surface area (TPSA) is 50.4 Å². The fourth-order valence-electron chi connectivity index (χ4n) is 1.53. The quantitative estimate of drug-likeness (QED) is 0.781. The highest BCUT2D eigenvalue weighted by molar-refractivity contribution is 5.84. The molecule has 0 aromatic heterocycles. The van der Waals surface area contributed by atoms with Crippen LogP contribution in [0.15, 0.2) is 24.3 Å². The summed E-state index contributed by atoms with van der Waals surface area (Å²) in [5.74, 6) is 0.858. The van der Waals surface area contributed by atoms with Crippen molar-refractivity contribution in [2.45, 2.75) is 33.2 Å². The Morgan fingerprint density at radius 2 is 1.94 bits per heavy atom. The van der Waals surface area contributed by atoms with Crippen LogP contribution in [0.2, 0.25) is 0 Å². The van der Waals surface area contributed by atoms with Crippen molar-refractivity contribution in [3.63, 3.8) is 0 Å². The lowest BCUT2D eigenvalue weighted by Gasteiger charge is -2.15. The summed E-state index contributed by atoms with van der Waals surface area (Å²) in [5, 5.41) is 6.01. The van der Waals surface area contributed by atoms with E-state index in [0.717, 1.165) is 17.9 Å². The van der Waals surface area contributed by atoms with Crippen LogP contribution in [0.3, 0.4) is 0 Å². The SMILES string of the molecule is CCCNC(=O)[C@H](C)Nc1ccc(OCC)cc1. The molecule has 0 aliphatic rings. The van der Waals surface area contributed by atoms with Crippen LogP contribution < -0.4 is 15.4 Å². The van der Waals surface area contributed by atoms with Gasteiger partial charge in [-0.2, -0.15) is 0 Å². The minimum absolute atomic E-state index is 0.0192. The summed E-state index contributed by atoms with van der Waals surface area (Å²) >= 11 is 0. The largest absolute Gasteiger partial charge is 0.494 e. The summed E-state index contributed by atoms with van der Waals surface area (Å²) < 4.78 is 5.36. The second-order valence-corrected chi connectivity index (χ2v) is 4.11. The number of hydrogen-bond donors (Lipinski definition) is 2. The first-order valence-corrected chi connectivity index (χ1v) is 6.44. The van der Waals surface area contributed by atoms with Crippen molar-refractivity contribution in [1.29, 1.82) is 0 Å². The van der Waals surface area contributed by atoms with Gasteiger partial charge in [-0.25, -0.2) is 0 Å². The molecule has 0 fully saturated rings. The molecular formula is C14H22N2O2. The number of carbonyl (C=O) groups is 1. The first-order valence-electron chi connectivity index (χ1n) is 6.44. The van der Waals surface area contributed by atoms with Crippen LogP contribution in [-0.2, 0) is 4.79 Å². The van der Waals surface area contributed by atoms with Gasteiger partial charge in [0.05, 0.1) is 6.61 Å². The molecule has 18 heavy (non-hydrogen) atoms. The minimum atomic E-state index is -0.241. The number of anilines is 1. The molecule has 100 valence electrons. The number of benzene rings is 1. The van der Waals surface area contributed by atoms with Gasteiger partial charge in [-0.05, 0) is 44.5 Å². The molecule has 0 saturated carbocycles. The van der Waals surface area contributed by atoms with E-state index in [2.05, 4.69) is 10.6 Å². The standard InChI is InChI=1S/C14H22N2O2/c1-4-10-15-14(17)11(3)16-12-6-8-13(9-7-12)18-5-2/h6-9,11,16H,4-5,10H2,1-3H3,(H,15,17)/t11-/m0/s1. The number of amides is 1. The first-order chi connectivity index (χ1) is 8.67. The first kappa shape index (κ1) is 14.4. The van der Waals surface area contributed by atoms with Crippen molar-refractivity contribution in [2.75, 3.05) is 18.5 Å². The Morgan fingerprint density at radius 1 is 1.28 bits per heavy atom. The molecule has 1 aromatic rings. The molecular weight excluding hydrogens is 228 g/mol. The molecule has 1 rings (SSSR count). The van der Waals surface area contributed by atoms with E-state index in [1.165, 1.54) is 0 Å². The van der Waals surface area contributed by atoms with Crippen LogP contribution in [0.25, 0.3) is 0 Å². The monoisotopic (exact) mass is 250 g/mol. The van der Waals surface area contributed by atoms with Crippen molar-refractivity contribution >= 4 is 11.6 Å². The minimum Gasteiger partial charge on any atom is -0.494 e. The molecule has 1 atom stereocenters. The van der Waals surface area contributed by atoms with Gasteiger partial charge in [-0.1, -0.05) is 6.92 Å². The Labute approximate surface area is 109 Å². The van der Waals surface area contributed by atoms with Crippen LogP contribution in [0.4, 0.5) is 5.69 Å². The summed E-state index contributed by atoms with van der Waals surface area (Å²) in [6, 6.07) is 7.36. The van der Waals surface area contributed by atoms with Crippen molar-refractivity contribution in [3.8, 4) is 5.75 Å². The average molecular weight is 250 g/mol. The molecule has 0 aliphatic carbocycles. The lowest BCUT2D eigenvalue weighted by Crippen LogP contribution is -2.37. The zero-order valence-corrected chi connectivity index (χ0v) is 11.3. The Balaban J connectivity index is 2.48. The molecule has 0 spiro atoms. The molecule has 4 nitrogen and oxygen atoms in total. The van der Waals surface area contributed by atoms with Crippen LogP contribution in [0.1, 0.15) is 27.2 Å². The van der Waals surface area contributed by atoms with Gasteiger partial charge in [0.1, 0.15) is 11.8 Å². The summed E-state index contributed by atoms with van der Waals surface area (Å²) in [6.45, 7) is 7.20. The van der Waals surface area contributed by atoms with E-state index in [1.54, 1.807) is 0 Å². The van der Waals surface area contributed by atoms with Crippen LogP contribution in [0.5, 0.6) is 5.75 Å². The number of hydrogen-bond acceptors (Lipinski definition) is 3. The maximum atomic E-state index is 11.7. The van der Waals surface area contributed by atoms with Crippen molar-refractivity contribution in [1.82, 2.24) is 5.32 Å². The Hall–Kier alpha value is -1.71. The van der Waals surface area contributed by atoms with Gasteiger partial charge in [-0.15, -0.1) is 0 Å².